The van der Waals surface area contributed by atoms with Crippen LogP contribution in [0.5, 0.6) is 0 Å². The van der Waals surface area contributed by atoms with E-state index in [2.05, 4.69) is 15.3 Å². The molecule has 23 heavy (non-hydrogen) atoms. The molecular formula is C14H18ClN5O3. The Morgan fingerprint density at radius 3 is 2.74 bits per heavy atom. The monoisotopic (exact) mass is 339 g/mol. The van der Waals surface area contributed by atoms with E-state index in [1.807, 2.05) is 13.8 Å². The molecule has 1 fully saturated rings. The molecule has 8 nitrogen and oxygen atoms in total. The standard InChI is InChI=1S/C14H18ClN5O3/c1-8-13(15)9(2)20(18-8)6-12(21)19-4-5-22-7-11(19)14-17-16-10(3)23-14/h11H,4-7H2,1-3H3. The van der Waals surface area contributed by atoms with Crippen LogP contribution in [0.1, 0.15) is 29.2 Å². The van der Waals surface area contributed by atoms with Gasteiger partial charge in [-0.3, -0.25) is 9.48 Å². The van der Waals surface area contributed by atoms with Crippen LogP contribution in [-0.2, 0) is 16.1 Å². The summed E-state index contributed by atoms with van der Waals surface area (Å²) in [5, 5.41) is 12.7. The molecule has 0 bridgehead atoms. The van der Waals surface area contributed by atoms with E-state index >= 15 is 0 Å². The highest BCUT2D eigenvalue weighted by molar-refractivity contribution is 6.31. The van der Waals surface area contributed by atoms with Gasteiger partial charge in [-0.2, -0.15) is 5.10 Å². The van der Waals surface area contributed by atoms with Gasteiger partial charge in [0.05, 0.1) is 29.6 Å². The number of halogens is 1. The van der Waals surface area contributed by atoms with E-state index < -0.39 is 0 Å². The summed E-state index contributed by atoms with van der Waals surface area (Å²) in [6.45, 7) is 6.77. The average Bonchev–Trinajstić information content (AvgIpc) is 3.07. The first kappa shape index (κ1) is 15.9. The first-order chi connectivity index (χ1) is 11.0. The number of hydrogen-bond acceptors (Lipinski definition) is 6. The maximum absolute atomic E-state index is 12.7. The van der Waals surface area contributed by atoms with Gasteiger partial charge in [-0.15, -0.1) is 10.2 Å². The van der Waals surface area contributed by atoms with Gasteiger partial charge >= 0.3 is 0 Å². The second-order valence-corrected chi connectivity index (χ2v) is 5.86. The zero-order valence-corrected chi connectivity index (χ0v) is 14.0. The first-order valence-corrected chi connectivity index (χ1v) is 7.72. The van der Waals surface area contributed by atoms with Crippen molar-refractivity contribution in [2.75, 3.05) is 19.8 Å². The summed E-state index contributed by atoms with van der Waals surface area (Å²) in [6, 6.07) is -0.370. The van der Waals surface area contributed by atoms with E-state index in [9.17, 15) is 4.79 Å². The SMILES string of the molecule is Cc1nnc(C2COCCN2C(=O)Cn2nc(C)c(Cl)c2C)o1. The smallest absolute Gasteiger partial charge is 0.245 e. The third kappa shape index (κ3) is 3.09. The lowest BCUT2D eigenvalue weighted by Crippen LogP contribution is -2.45. The summed E-state index contributed by atoms with van der Waals surface area (Å²) in [5.41, 5.74) is 1.49. The Morgan fingerprint density at radius 2 is 2.13 bits per heavy atom. The molecule has 0 radical (unpaired) electrons. The molecule has 1 amide bonds. The molecule has 1 aliphatic rings. The number of rotatable bonds is 3. The number of morpholine rings is 1. The molecule has 3 rings (SSSR count). The van der Waals surface area contributed by atoms with Gasteiger partial charge in [0.15, 0.2) is 0 Å². The van der Waals surface area contributed by atoms with Crippen molar-refractivity contribution in [3.8, 4) is 0 Å². The number of hydrogen-bond donors (Lipinski definition) is 0. The average molecular weight is 340 g/mol. The van der Waals surface area contributed by atoms with Crippen molar-refractivity contribution in [3.63, 3.8) is 0 Å². The van der Waals surface area contributed by atoms with E-state index in [0.29, 0.717) is 42.3 Å². The van der Waals surface area contributed by atoms with Gasteiger partial charge in [0.1, 0.15) is 12.6 Å². The summed E-state index contributed by atoms with van der Waals surface area (Å²) in [7, 11) is 0. The molecule has 124 valence electrons. The van der Waals surface area contributed by atoms with Crippen molar-refractivity contribution < 1.29 is 13.9 Å². The summed E-state index contributed by atoms with van der Waals surface area (Å²) in [5.74, 6) is 0.765. The minimum Gasteiger partial charge on any atom is -0.423 e. The summed E-state index contributed by atoms with van der Waals surface area (Å²) in [4.78, 5) is 14.4. The predicted octanol–water partition coefficient (Wildman–Crippen LogP) is 1.44. The molecular weight excluding hydrogens is 322 g/mol. The number of amides is 1. The third-order valence-corrected chi connectivity index (χ3v) is 4.40. The molecule has 0 saturated carbocycles. The summed E-state index contributed by atoms with van der Waals surface area (Å²) < 4.78 is 12.5. The fraction of sp³-hybridized carbons (Fsp3) is 0.571. The Balaban J connectivity index is 1.80. The van der Waals surface area contributed by atoms with Crippen LogP contribution in [0.2, 0.25) is 5.02 Å². The van der Waals surface area contributed by atoms with Crippen LogP contribution in [0.3, 0.4) is 0 Å². The second-order valence-electron chi connectivity index (χ2n) is 5.48. The van der Waals surface area contributed by atoms with E-state index in [1.165, 1.54) is 0 Å². The summed E-state index contributed by atoms with van der Waals surface area (Å²) in [6.07, 6.45) is 0. The molecule has 0 N–H and O–H groups in total. The third-order valence-electron chi connectivity index (χ3n) is 3.85. The van der Waals surface area contributed by atoms with Crippen molar-refractivity contribution >= 4 is 17.5 Å². The van der Waals surface area contributed by atoms with Gasteiger partial charge in [0, 0.05) is 13.5 Å². The molecule has 0 spiro atoms. The molecule has 2 aromatic heterocycles. The fourth-order valence-electron chi connectivity index (χ4n) is 2.60. The molecule has 1 unspecified atom stereocenters. The van der Waals surface area contributed by atoms with Crippen LogP contribution in [-0.4, -0.2) is 50.5 Å². The molecule has 0 aliphatic carbocycles. The lowest BCUT2D eigenvalue weighted by molar-refractivity contribution is -0.142. The molecule has 3 heterocycles. The number of aryl methyl sites for hydroxylation is 2. The molecule has 1 saturated heterocycles. The number of aromatic nitrogens is 4. The zero-order valence-electron chi connectivity index (χ0n) is 13.2. The van der Waals surface area contributed by atoms with Gasteiger partial charge in [-0.1, -0.05) is 11.6 Å². The number of carbonyl (C=O) groups is 1. The van der Waals surface area contributed by atoms with E-state index in [1.54, 1.807) is 16.5 Å². The molecule has 1 atom stereocenters. The maximum atomic E-state index is 12.7. The quantitative estimate of drug-likeness (QED) is 0.841. The Morgan fingerprint density at radius 1 is 1.35 bits per heavy atom. The van der Waals surface area contributed by atoms with Gasteiger partial charge < -0.3 is 14.1 Å². The molecule has 0 aromatic carbocycles. The highest BCUT2D eigenvalue weighted by Gasteiger charge is 2.32. The Bertz CT molecular complexity index is 726. The lowest BCUT2D eigenvalue weighted by Gasteiger charge is -2.33. The van der Waals surface area contributed by atoms with Crippen molar-refractivity contribution in [3.05, 3.63) is 28.2 Å². The molecule has 2 aromatic rings. The predicted molar refractivity (Wildman–Crippen MR) is 81.0 cm³/mol. The molecule has 9 heteroatoms. The topological polar surface area (TPSA) is 86.3 Å². The van der Waals surface area contributed by atoms with Crippen LogP contribution in [0, 0.1) is 20.8 Å². The lowest BCUT2D eigenvalue weighted by atomic mass is 10.2. The largest absolute Gasteiger partial charge is 0.423 e. The number of carbonyl (C=O) groups excluding carboxylic acids is 1. The van der Waals surface area contributed by atoms with Crippen LogP contribution in [0.15, 0.2) is 4.42 Å². The van der Waals surface area contributed by atoms with Gasteiger partial charge in [0.2, 0.25) is 17.7 Å². The van der Waals surface area contributed by atoms with Crippen molar-refractivity contribution in [1.29, 1.82) is 0 Å². The number of nitrogens with zero attached hydrogens (tertiary/aromatic N) is 5. The first-order valence-electron chi connectivity index (χ1n) is 7.34. The maximum Gasteiger partial charge on any atom is 0.245 e. The van der Waals surface area contributed by atoms with E-state index in [-0.39, 0.29) is 18.5 Å². The van der Waals surface area contributed by atoms with E-state index in [0.717, 1.165) is 5.69 Å². The van der Waals surface area contributed by atoms with E-state index in [4.69, 9.17) is 20.8 Å². The zero-order chi connectivity index (χ0) is 16.6. The summed E-state index contributed by atoms with van der Waals surface area (Å²) >= 11 is 6.13. The highest BCUT2D eigenvalue weighted by Crippen LogP contribution is 2.24. The van der Waals surface area contributed by atoms with Crippen LogP contribution in [0.4, 0.5) is 0 Å². The minimum atomic E-state index is -0.370. The highest BCUT2D eigenvalue weighted by atomic mass is 35.5. The molecule has 1 aliphatic heterocycles. The van der Waals surface area contributed by atoms with Gasteiger partial charge in [-0.05, 0) is 13.8 Å². The van der Waals surface area contributed by atoms with Crippen LogP contribution >= 0.6 is 11.6 Å². The Labute approximate surface area is 138 Å². The van der Waals surface area contributed by atoms with Crippen molar-refractivity contribution in [2.24, 2.45) is 0 Å². The normalized spacial score (nSPS) is 18.4. The van der Waals surface area contributed by atoms with Gasteiger partial charge in [0.25, 0.3) is 0 Å². The minimum absolute atomic E-state index is 0.0866. The second kappa shape index (κ2) is 6.29. The Hall–Kier alpha value is -1.93. The van der Waals surface area contributed by atoms with Gasteiger partial charge in [-0.25, -0.2) is 0 Å². The van der Waals surface area contributed by atoms with Crippen molar-refractivity contribution in [2.45, 2.75) is 33.4 Å². The van der Waals surface area contributed by atoms with Crippen LogP contribution in [0.25, 0.3) is 0 Å². The Kier molecular flexibility index (Phi) is 4.36. The fourth-order valence-corrected chi connectivity index (χ4v) is 2.74. The van der Waals surface area contributed by atoms with Crippen LogP contribution < -0.4 is 0 Å². The number of ether oxygens (including phenoxy) is 1. The van der Waals surface area contributed by atoms with Crippen molar-refractivity contribution in [1.82, 2.24) is 24.9 Å².